The van der Waals surface area contributed by atoms with Crippen molar-refractivity contribution in [2.45, 2.75) is 30.8 Å². The Balaban J connectivity index is 2.10. The summed E-state index contributed by atoms with van der Waals surface area (Å²) in [6.45, 7) is 2.30. The highest BCUT2D eigenvalue weighted by atomic mass is 32.2. The van der Waals surface area contributed by atoms with Crippen molar-refractivity contribution < 1.29 is 13.5 Å². The second kappa shape index (κ2) is 5.74. The highest BCUT2D eigenvalue weighted by Crippen LogP contribution is 2.35. The molecule has 0 saturated heterocycles. The molecule has 22 heavy (non-hydrogen) atoms. The molecular weight excluding hydrogens is 298 g/mol. The number of hydrogen-bond acceptors (Lipinski definition) is 3. The first-order valence-corrected chi connectivity index (χ1v) is 8.80. The topological polar surface area (TPSA) is 57.6 Å². The maximum absolute atomic E-state index is 13.0. The highest BCUT2D eigenvalue weighted by molar-refractivity contribution is 7.92. The molecule has 2 aromatic carbocycles. The van der Waals surface area contributed by atoms with Crippen LogP contribution in [0.3, 0.4) is 0 Å². The van der Waals surface area contributed by atoms with Crippen LogP contribution < -0.4 is 4.31 Å². The van der Waals surface area contributed by atoms with Gasteiger partial charge in [0.2, 0.25) is 0 Å². The number of aliphatic hydroxyl groups is 1. The van der Waals surface area contributed by atoms with Gasteiger partial charge in [0.25, 0.3) is 10.0 Å². The van der Waals surface area contributed by atoms with E-state index in [1.807, 2.05) is 13.0 Å². The van der Waals surface area contributed by atoms with E-state index in [1.165, 1.54) is 4.31 Å². The molecule has 116 valence electrons. The third-order valence-electron chi connectivity index (χ3n) is 4.01. The summed E-state index contributed by atoms with van der Waals surface area (Å²) in [5, 5.41) is 10.2. The summed E-state index contributed by atoms with van der Waals surface area (Å²) >= 11 is 0. The summed E-state index contributed by atoms with van der Waals surface area (Å²) in [6, 6.07) is 14.0. The van der Waals surface area contributed by atoms with E-state index in [9.17, 15) is 13.5 Å². The summed E-state index contributed by atoms with van der Waals surface area (Å²) in [5.41, 5.74) is 2.27. The van der Waals surface area contributed by atoms with E-state index in [2.05, 4.69) is 0 Å². The van der Waals surface area contributed by atoms with Gasteiger partial charge in [0, 0.05) is 12.1 Å². The summed E-state index contributed by atoms with van der Waals surface area (Å²) in [7, 11) is -3.62. The van der Waals surface area contributed by atoms with Crippen LogP contribution in [0.2, 0.25) is 0 Å². The van der Waals surface area contributed by atoms with Crippen molar-refractivity contribution in [2.24, 2.45) is 0 Å². The minimum atomic E-state index is -3.62. The molecule has 0 fully saturated rings. The van der Waals surface area contributed by atoms with Crippen molar-refractivity contribution >= 4 is 15.7 Å². The lowest BCUT2D eigenvalue weighted by Gasteiger charge is -2.24. The fourth-order valence-corrected chi connectivity index (χ4v) is 4.32. The number of aliphatic hydroxyl groups excluding tert-OH is 1. The van der Waals surface area contributed by atoms with Gasteiger partial charge in [-0.15, -0.1) is 0 Å². The monoisotopic (exact) mass is 317 g/mol. The van der Waals surface area contributed by atoms with Crippen molar-refractivity contribution in [1.82, 2.24) is 0 Å². The van der Waals surface area contributed by atoms with E-state index in [0.29, 0.717) is 30.6 Å². The molecule has 0 saturated carbocycles. The van der Waals surface area contributed by atoms with Crippen molar-refractivity contribution in [3.05, 3.63) is 59.7 Å². The summed E-state index contributed by atoms with van der Waals surface area (Å²) in [5.74, 6) is 0. The SMILES string of the molecule is Cc1ccc(S(=O)(=O)N2CCC[C@H](O)c3ccccc32)cc1. The molecule has 0 aromatic heterocycles. The molecule has 1 aliphatic heterocycles. The van der Waals surface area contributed by atoms with Gasteiger partial charge < -0.3 is 5.11 Å². The Labute approximate surface area is 131 Å². The van der Waals surface area contributed by atoms with E-state index in [-0.39, 0.29) is 4.90 Å². The van der Waals surface area contributed by atoms with Gasteiger partial charge in [-0.2, -0.15) is 0 Å². The molecule has 0 spiro atoms. The molecule has 4 nitrogen and oxygen atoms in total. The number of benzene rings is 2. The average molecular weight is 317 g/mol. The van der Waals surface area contributed by atoms with Crippen molar-refractivity contribution in [2.75, 3.05) is 10.8 Å². The van der Waals surface area contributed by atoms with Crippen LogP contribution in [0.1, 0.15) is 30.1 Å². The lowest BCUT2D eigenvalue weighted by atomic mass is 10.1. The Morgan fingerprint density at radius 3 is 2.50 bits per heavy atom. The summed E-state index contributed by atoms with van der Waals surface area (Å²) in [4.78, 5) is 0.282. The second-order valence-electron chi connectivity index (χ2n) is 5.61. The number of fused-ring (bicyclic) bond motifs is 1. The van der Waals surface area contributed by atoms with Crippen LogP contribution in [0.4, 0.5) is 5.69 Å². The minimum absolute atomic E-state index is 0.282. The van der Waals surface area contributed by atoms with Crippen LogP contribution >= 0.6 is 0 Å². The first-order valence-electron chi connectivity index (χ1n) is 7.36. The van der Waals surface area contributed by atoms with Crippen LogP contribution in [-0.2, 0) is 10.0 Å². The van der Waals surface area contributed by atoms with Crippen molar-refractivity contribution in [3.8, 4) is 0 Å². The molecule has 1 heterocycles. The van der Waals surface area contributed by atoms with Crippen molar-refractivity contribution in [3.63, 3.8) is 0 Å². The van der Waals surface area contributed by atoms with Gasteiger partial charge in [-0.25, -0.2) is 8.42 Å². The zero-order valence-electron chi connectivity index (χ0n) is 12.4. The lowest BCUT2D eigenvalue weighted by molar-refractivity contribution is 0.168. The van der Waals surface area contributed by atoms with E-state index in [0.717, 1.165) is 5.56 Å². The quantitative estimate of drug-likeness (QED) is 0.926. The van der Waals surface area contributed by atoms with Gasteiger partial charge in [-0.1, -0.05) is 35.9 Å². The molecule has 0 unspecified atom stereocenters. The molecule has 1 atom stereocenters. The number of hydrogen-bond donors (Lipinski definition) is 1. The number of anilines is 1. The molecule has 2 aromatic rings. The minimum Gasteiger partial charge on any atom is -0.388 e. The largest absolute Gasteiger partial charge is 0.388 e. The number of para-hydroxylation sites is 1. The Kier molecular flexibility index (Phi) is 3.93. The van der Waals surface area contributed by atoms with Crippen LogP contribution in [0.5, 0.6) is 0 Å². The van der Waals surface area contributed by atoms with Gasteiger partial charge in [-0.3, -0.25) is 4.31 Å². The maximum atomic E-state index is 13.0. The fraction of sp³-hybridized carbons (Fsp3) is 0.294. The van der Waals surface area contributed by atoms with E-state index >= 15 is 0 Å². The molecule has 0 bridgehead atoms. The average Bonchev–Trinajstić information content (AvgIpc) is 2.68. The smallest absolute Gasteiger partial charge is 0.264 e. The van der Waals surface area contributed by atoms with Crippen LogP contribution in [0.25, 0.3) is 0 Å². The molecule has 3 rings (SSSR count). The Morgan fingerprint density at radius 1 is 1.09 bits per heavy atom. The van der Waals surface area contributed by atoms with E-state index < -0.39 is 16.1 Å². The Morgan fingerprint density at radius 2 is 1.77 bits per heavy atom. The van der Waals surface area contributed by atoms with Gasteiger partial charge in [-0.05, 0) is 38.0 Å². The fourth-order valence-electron chi connectivity index (χ4n) is 2.79. The zero-order chi connectivity index (χ0) is 15.7. The van der Waals surface area contributed by atoms with Crippen molar-refractivity contribution in [1.29, 1.82) is 0 Å². The molecular formula is C17H19NO3S. The Hall–Kier alpha value is -1.85. The summed E-state index contributed by atoms with van der Waals surface area (Å²) in [6.07, 6.45) is 0.576. The van der Waals surface area contributed by atoms with E-state index in [4.69, 9.17) is 0 Å². The summed E-state index contributed by atoms with van der Waals surface area (Å²) < 4.78 is 27.3. The standard InChI is InChI=1S/C17H19NO3S/c1-13-8-10-14(11-9-13)22(20,21)18-12-4-7-17(19)15-5-2-3-6-16(15)18/h2-3,5-6,8-11,17,19H,4,7,12H2,1H3/t17-/m0/s1. The van der Waals surface area contributed by atoms with Gasteiger partial charge >= 0.3 is 0 Å². The molecule has 0 aliphatic carbocycles. The predicted molar refractivity (Wildman–Crippen MR) is 86.3 cm³/mol. The Bertz CT molecular complexity index is 769. The van der Waals surface area contributed by atoms with Crippen LogP contribution in [0, 0.1) is 6.92 Å². The van der Waals surface area contributed by atoms with Crippen LogP contribution in [-0.4, -0.2) is 20.1 Å². The number of rotatable bonds is 2. The predicted octanol–water partition coefficient (Wildman–Crippen LogP) is 3.02. The molecule has 1 N–H and O–H groups in total. The second-order valence-corrected chi connectivity index (χ2v) is 7.47. The lowest BCUT2D eigenvalue weighted by Crippen LogP contribution is -2.31. The zero-order valence-corrected chi connectivity index (χ0v) is 13.3. The normalized spacial score (nSPS) is 18.6. The molecule has 5 heteroatoms. The molecule has 1 aliphatic rings. The highest BCUT2D eigenvalue weighted by Gasteiger charge is 2.30. The maximum Gasteiger partial charge on any atom is 0.264 e. The van der Waals surface area contributed by atoms with Gasteiger partial charge in [0.15, 0.2) is 0 Å². The number of sulfonamides is 1. The van der Waals surface area contributed by atoms with Crippen LogP contribution in [0.15, 0.2) is 53.4 Å². The third kappa shape index (κ3) is 2.62. The number of nitrogens with zero attached hydrogens (tertiary/aromatic N) is 1. The first kappa shape index (κ1) is 15.1. The molecule has 0 amide bonds. The van der Waals surface area contributed by atoms with Gasteiger partial charge in [0.1, 0.15) is 0 Å². The van der Waals surface area contributed by atoms with E-state index in [1.54, 1.807) is 42.5 Å². The molecule has 0 radical (unpaired) electrons. The third-order valence-corrected chi connectivity index (χ3v) is 5.84. The first-order chi connectivity index (χ1) is 10.5. The van der Waals surface area contributed by atoms with Gasteiger partial charge in [0.05, 0.1) is 16.7 Å². The number of aryl methyl sites for hydroxylation is 1.